The Morgan fingerprint density at radius 1 is 1.04 bits per heavy atom. The van der Waals surface area contributed by atoms with Crippen molar-refractivity contribution in [2.45, 2.75) is 13.5 Å². The summed E-state index contributed by atoms with van der Waals surface area (Å²) in [6, 6.07) is 8.35. The van der Waals surface area contributed by atoms with Gasteiger partial charge in [0.15, 0.2) is 0 Å². The van der Waals surface area contributed by atoms with Gasteiger partial charge in [0.2, 0.25) is 0 Å². The van der Waals surface area contributed by atoms with Crippen LogP contribution in [0.25, 0.3) is 5.65 Å². The van der Waals surface area contributed by atoms with E-state index in [0.717, 1.165) is 55.6 Å². The van der Waals surface area contributed by atoms with Crippen LogP contribution in [0.2, 0.25) is 0 Å². The van der Waals surface area contributed by atoms with Gasteiger partial charge in [-0.1, -0.05) is 6.07 Å². The van der Waals surface area contributed by atoms with Crippen LogP contribution in [-0.4, -0.2) is 52.5 Å². The van der Waals surface area contributed by atoms with E-state index >= 15 is 0 Å². The Labute approximate surface area is 148 Å². The Bertz CT molecular complexity index is 846. The van der Waals surface area contributed by atoms with Gasteiger partial charge in [0.1, 0.15) is 11.5 Å². The van der Waals surface area contributed by atoms with E-state index in [1.165, 1.54) is 5.56 Å². The fourth-order valence-electron chi connectivity index (χ4n) is 3.24. The van der Waals surface area contributed by atoms with Crippen LogP contribution in [0.4, 0.5) is 11.5 Å². The van der Waals surface area contributed by atoms with Crippen LogP contribution in [0.1, 0.15) is 11.3 Å². The average molecular weight is 336 g/mol. The first kappa shape index (κ1) is 15.9. The molecule has 4 rings (SSSR count). The highest BCUT2D eigenvalue weighted by atomic mass is 15.3. The van der Waals surface area contributed by atoms with E-state index in [4.69, 9.17) is 0 Å². The number of likely N-dealkylation sites (N-methyl/N-ethyl adjacent to an activating group) is 1. The third-order valence-corrected chi connectivity index (χ3v) is 4.86. The Balaban J connectivity index is 1.42. The summed E-state index contributed by atoms with van der Waals surface area (Å²) in [6.45, 7) is 7.07. The fraction of sp³-hybridized carbons (Fsp3) is 0.368. The van der Waals surface area contributed by atoms with Crippen molar-refractivity contribution in [3.63, 3.8) is 0 Å². The van der Waals surface area contributed by atoms with E-state index in [0.29, 0.717) is 0 Å². The molecule has 0 atom stereocenters. The number of nitrogens with one attached hydrogen (secondary N) is 1. The summed E-state index contributed by atoms with van der Waals surface area (Å²) in [6.07, 6.45) is 5.91. The van der Waals surface area contributed by atoms with Crippen LogP contribution in [0, 0.1) is 6.92 Å². The molecule has 6 heteroatoms. The normalized spacial score (nSPS) is 15.7. The second-order valence-electron chi connectivity index (χ2n) is 6.68. The Kier molecular flexibility index (Phi) is 4.28. The van der Waals surface area contributed by atoms with Crippen LogP contribution in [0.5, 0.6) is 0 Å². The molecule has 0 bridgehead atoms. The number of aromatic nitrogens is 3. The van der Waals surface area contributed by atoms with Crippen molar-refractivity contribution in [2.24, 2.45) is 0 Å². The first-order valence-corrected chi connectivity index (χ1v) is 8.76. The zero-order valence-electron chi connectivity index (χ0n) is 14.8. The van der Waals surface area contributed by atoms with E-state index in [1.54, 1.807) is 0 Å². The molecule has 1 aliphatic rings. The van der Waals surface area contributed by atoms with E-state index in [1.807, 2.05) is 12.4 Å². The molecule has 25 heavy (non-hydrogen) atoms. The van der Waals surface area contributed by atoms with Crippen LogP contribution < -0.4 is 10.2 Å². The van der Waals surface area contributed by atoms with Gasteiger partial charge in [0.25, 0.3) is 0 Å². The molecule has 0 spiro atoms. The summed E-state index contributed by atoms with van der Waals surface area (Å²) in [7, 11) is 2.17. The standard InChI is InChI=1S/C19H24N6/c1-15-4-3-7-25-17(14-22-19(15)25)13-20-16-5-6-18(21-12-16)24-10-8-23(2)9-11-24/h3-7,12,14,20H,8-11,13H2,1-2H3. The van der Waals surface area contributed by atoms with E-state index in [-0.39, 0.29) is 0 Å². The lowest BCUT2D eigenvalue weighted by atomic mass is 10.3. The summed E-state index contributed by atoms with van der Waals surface area (Å²) in [5, 5.41) is 3.45. The number of hydrogen-bond donors (Lipinski definition) is 1. The number of fused-ring (bicyclic) bond motifs is 1. The van der Waals surface area contributed by atoms with Crippen molar-refractivity contribution in [1.82, 2.24) is 19.3 Å². The Morgan fingerprint density at radius 2 is 1.88 bits per heavy atom. The number of rotatable bonds is 4. The molecule has 0 radical (unpaired) electrons. The molecule has 1 N–H and O–H groups in total. The van der Waals surface area contributed by atoms with Crippen LogP contribution in [-0.2, 0) is 6.54 Å². The van der Waals surface area contributed by atoms with Crippen molar-refractivity contribution in [3.8, 4) is 0 Å². The van der Waals surface area contributed by atoms with Crippen molar-refractivity contribution < 1.29 is 0 Å². The maximum Gasteiger partial charge on any atom is 0.139 e. The van der Waals surface area contributed by atoms with E-state index in [9.17, 15) is 0 Å². The lowest BCUT2D eigenvalue weighted by Crippen LogP contribution is -2.44. The fourth-order valence-corrected chi connectivity index (χ4v) is 3.24. The van der Waals surface area contributed by atoms with Crippen molar-refractivity contribution in [2.75, 3.05) is 43.4 Å². The van der Waals surface area contributed by atoms with Gasteiger partial charge < -0.3 is 19.5 Å². The topological polar surface area (TPSA) is 48.7 Å². The van der Waals surface area contributed by atoms with Gasteiger partial charge in [0, 0.05) is 32.4 Å². The number of hydrogen-bond acceptors (Lipinski definition) is 5. The molecule has 130 valence electrons. The Morgan fingerprint density at radius 3 is 2.64 bits per heavy atom. The summed E-state index contributed by atoms with van der Waals surface area (Å²) in [5.41, 5.74) is 4.37. The van der Waals surface area contributed by atoms with Crippen molar-refractivity contribution in [3.05, 3.63) is 54.1 Å². The molecule has 0 amide bonds. The molecule has 4 heterocycles. The SMILES string of the molecule is Cc1cccn2c(CNc3ccc(N4CCN(C)CC4)nc3)cnc12. The quantitative estimate of drug-likeness (QED) is 0.793. The monoisotopic (exact) mass is 336 g/mol. The third-order valence-electron chi connectivity index (χ3n) is 4.86. The predicted octanol–water partition coefficient (Wildman–Crippen LogP) is 2.40. The van der Waals surface area contributed by atoms with Gasteiger partial charge in [-0.05, 0) is 37.7 Å². The van der Waals surface area contributed by atoms with E-state index < -0.39 is 0 Å². The minimum Gasteiger partial charge on any atom is -0.378 e. The molecular formula is C19H24N6. The second-order valence-corrected chi connectivity index (χ2v) is 6.68. The molecule has 0 unspecified atom stereocenters. The lowest BCUT2D eigenvalue weighted by molar-refractivity contribution is 0.312. The van der Waals surface area contributed by atoms with Crippen LogP contribution in [0.3, 0.4) is 0 Å². The summed E-state index contributed by atoms with van der Waals surface area (Å²) in [5.74, 6) is 1.06. The lowest BCUT2D eigenvalue weighted by Gasteiger charge is -2.33. The van der Waals surface area contributed by atoms with Gasteiger partial charge >= 0.3 is 0 Å². The summed E-state index contributed by atoms with van der Waals surface area (Å²) >= 11 is 0. The third kappa shape index (κ3) is 3.30. The van der Waals surface area contributed by atoms with Crippen molar-refractivity contribution >= 4 is 17.2 Å². The van der Waals surface area contributed by atoms with Gasteiger partial charge in [-0.15, -0.1) is 0 Å². The van der Waals surface area contributed by atoms with Gasteiger partial charge in [0.05, 0.1) is 30.3 Å². The average Bonchev–Trinajstić information content (AvgIpc) is 3.06. The van der Waals surface area contributed by atoms with Crippen LogP contribution >= 0.6 is 0 Å². The number of imidazole rings is 1. The predicted molar refractivity (Wildman–Crippen MR) is 101 cm³/mol. The smallest absolute Gasteiger partial charge is 0.139 e. The second kappa shape index (κ2) is 6.72. The number of nitrogens with zero attached hydrogens (tertiary/aromatic N) is 5. The highest BCUT2D eigenvalue weighted by molar-refractivity contribution is 5.51. The van der Waals surface area contributed by atoms with E-state index in [2.05, 4.69) is 73.9 Å². The number of pyridine rings is 2. The minimum atomic E-state index is 0.722. The summed E-state index contributed by atoms with van der Waals surface area (Å²) in [4.78, 5) is 13.8. The molecule has 1 aliphatic heterocycles. The number of aryl methyl sites for hydroxylation is 1. The highest BCUT2D eigenvalue weighted by Crippen LogP contribution is 2.17. The number of anilines is 2. The largest absolute Gasteiger partial charge is 0.378 e. The molecule has 0 aliphatic carbocycles. The maximum atomic E-state index is 4.63. The van der Waals surface area contributed by atoms with Crippen molar-refractivity contribution in [1.29, 1.82) is 0 Å². The summed E-state index contributed by atoms with van der Waals surface area (Å²) < 4.78 is 2.13. The van der Waals surface area contributed by atoms with Crippen LogP contribution in [0.15, 0.2) is 42.9 Å². The number of piperazine rings is 1. The molecule has 6 nitrogen and oxygen atoms in total. The first-order chi connectivity index (χ1) is 12.2. The molecule has 3 aromatic heterocycles. The molecule has 1 saturated heterocycles. The molecule has 0 aromatic carbocycles. The molecule has 3 aromatic rings. The zero-order valence-corrected chi connectivity index (χ0v) is 14.8. The minimum absolute atomic E-state index is 0.722. The molecule has 1 fully saturated rings. The van der Waals surface area contributed by atoms with Gasteiger partial charge in [-0.3, -0.25) is 0 Å². The van der Waals surface area contributed by atoms with Gasteiger partial charge in [-0.2, -0.15) is 0 Å². The first-order valence-electron chi connectivity index (χ1n) is 8.76. The Hall–Kier alpha value is -2.60. The molecular weight excluding hydrogens is 312 g/mol. The highest BCUT2D eigenvalue weighted by Gasteiger charge is 2.15. The maximum absolute atomic E-state index is 4.63. The molecule has 0 saturated carbocycles. The zero-order chi connectivity index (χ0) is 17.2. The van der Waals surface area contributed by atoms with Gasteiger partial charge in [-0.25, -0.2) is 9.97 Å².